The second-order valence-corrected chi connectivity index (χ2v) is 6.21. The van der Waals surface area contributed by atoms with Crippen molar-refractivity contribution in [2.24, 2.45) is 0 Å². The van der Waals surface area contributed by atoms with Crippen LogP contribution in [0.2, 0.25) is 0 Å². The molecule has 0 atom stereocenters. The zero-order valence-corrected chi connectivity index (χ0v) is 13.9. The van der Waals surface area contributed by atoms with E-state index >= 15 is 0 Å². The number of rotatable bonds is 8. The summed E-state index contributed by atoms with van der Waals surface area (Å²) in [5.41, 5.74) is 2.34. The van der Waals surface area contributed by atoms with E-state index in [1.165, 1.54) is 24.7 Å². The summed E-state index contributed by atoms with van der Waals surface area (Å²) in [5, 5.41) is 16.9. The molecule has 0 saturated heterocycles. The van der Waals surface area contributed by atoms with Gasteiger partial charge in [-0.3, -0.25) is 4.68 Å². The van der Waals surface area contributed by atoms with Gasteiger partial charge in [-0.1, -0.05) is 37.2 Å². The number of unbranched alkanes of at least 4 members (excludes halogenated alkanes) is 1. The van der Waals surface area contributed by atoms with Crippen molar-refractivity contribution >= 4 is 11.8 Å². The fourth-order valence-corrected chi connectivity index (χ4v) is 3.01. The Kier molecular flexibility index (Phi) is 5.36. The van der Waals surface area contributed by atoms with Gasteiger partial charge < -0.3 is 0 Å². The van der Waals surface area contributed by atoms with Crippen molar-refractivity contribution in [2.45, 2.75) is 37.9 Å². The molecule has 0 aliphatic rings. The van der Waals surface area contributed by atoms with Crippen LogP contribution in [-0.4, -0.2) is 40.7 Å². The van der Waals surface area contributed by atoms with Crippen molar-refractivity contribution in [3.05, 3.63) is 42.5 Å². The third kappa shape index (κ3) is 4.16. The number of hydrogen-bond donors (Lipinski definition) is 0. The van der Waals surface area contributed by atoms with Crippen molar-refractivity contribution in [3.8, 4) is 5.69 Å². The number of thioether (sulfide) groups is 1. The molecule has 23 heavy (non-hydrogen) atoms. The van der Waals surface area contributed by atoms with Crippen molar-refractivity contribution in [3.63, 3.8) is 0 Å². The van der Waals surface area contributed by atoms with Gasteiger partial charge in [0.25, 0.3) is 0 Å². The highest BCUT2D eigenvalue weighted by atomic mass is 32.2. The van der Waals surface area contributed by atoms with Gasteiger partial charge >= 0.3 is 0 Å². The van der Waals surface area contributed by atoms with E-state index in [0.717, 1.165) is 29.6 Å². The van der Waals surface area contributed by atoms with Crippen LogP contribution in [0.4, 0.5) is 0 Å². The molecule has 2 aromatic heterocycles. The molecule has 0 bridgehead atoms. The standard InChI is InChI=1S/C15H19N7S/c1-2-3-4-13-5-7-14(8-6-13)22-15(18-19-20-22)23-10-9-21-12-16-11-17-21/h5-8,11-12H,2-4,9-10H2,1H3. The van der Waals surface area contributed by atoms with Crippen LogP contribution in [0, 0.1) is 0 Å². The summed E-state index contributed by atoms with van der Waals surface area (Å²) in [6.07, 6.45) is 6.79. The Bertz CT molecular complexity index is 706. The topological polar surface area (TPSA) is 74.3 Å². The zero-order chi connectivity index (χ0) is 15.9. The molecule has 0 N–H and O–H groups in total. The largest absolute Gasteiger partial charge is 0.252 e. The minimum absolute atomic E-state index is 0.771. The first-order valence-electron chi connectivity index (χ1n) is 7.69. The van der Waals surface area contributed by atoms with E-state index in [2.05, 4.69) is 56.8 Å². The van der Waals surface area contributed by atoms with Gasteiger partial charge in [0.1, 0.15) is 12.7 Å². The van der Waals surface area contributed by atoms with Crippen molar-refractivity contribution in [1.29, 1.82) is 0 Å². The fourth-order valence-electron chi connectivity index (χ4n) is 2.19. The molecule has 0 spiro atoms. The maximum Gasteiger partial charge on any atom is 0.214 e. The van der Waals surface area contributed by atoms with Gasteiger partial charge in [0, 0.05) is 5.75 Å². The quantitative estimate of drug-likeness (QED) is 0.591. The predicted molar refractivity (Wildman–Crippen MR) is 88.5 cm³/mol. The number of hydrogen-bond acceptors (Lipinski definition) is 6. The molecule has 0 fully saturated rings. The van der Waals surface area contributed by atoms with Gasteiger partial charge in [0.05, 0.1) is 12.2 Å². The molecule has 0 aliphatic heterocycles. The van der Waals surface area contributed by atoms with Crippen molar-refractivity contribution in [1.82, 2.24) is 35.0 Å². The van der Waals surface area contributed by atoms with Crippen molar-refractivity contribution in [2.75, 3.05) is 5.75 Å². The summed E-state index contributed by atoms with van der Waals surface area (Å²) in [7, 11) is 0. The molecule has 120 valence electrons. The lowest BCUT2D eigenvalue weighted by Crippen LogP contribution is -2.03. The van der Waals surface area contributed by atoms with Gasteiger partial charge in [-0.25, -0.2) is 4.98 Å². The first kappa shape index (κ1) is 15.7. The molecule has 0 aliphatic carbocycles. The lowest BCUT2D eigenvalue weighted by atomic mass is 10.1. The fraction of sp³-hybridized carbons (Fsp3) is 0.400. The summed E-state index contributed by atoms with van der Waals surface area (Å²) >= 11 is 1.60. The van der Waals surface area contributed by atoms with Crippen LogP contribution in [0.3, 0.4) is 0 Å². The number of aryl methyl sites for hydroxylation is 2. The Morgan fingerprint density at radius 2 is 2.04 bits per heavy atom. The van der Waals surface area contributed by atoms with E-state index in [4.69, 9.17) is 0 Å². The van der Waals surface area contributed by atoms with Crippen molar-refractivity contribution < 1.29 is 0 Å². The maximum atomic E-state index is 4.10. The highest BCUT2D eigenvalue weighted by Crippen LogP contribution is 2.19. The van der Waals surface area contributed by atoms with E-state index in [0.29, 0.717) is 0 Å². The Morgan fingerprint density at radius 1 is 1.17 bits per heavy atom. The molecular formula is C15H19N7S. The van der Waals surface area contributed by atoms with Crippen LogP contribution in [0.25, 0.3) is 5.69 Å². The summed E-state index contributed by atoms with van der Waals surface area (Å²) < 4.78 is 3.57. The summed E-state index contributed by atoms with van der Waals surface area (Å²) in [6.45, 7) is 2.98. The summed E-state index contributed by atoms with van der Waals surface area (Å²) in [5.74, 6) is 0.832. The molecule has 3 rings (SSSR count). The molecule has 7 nitrogen and oxygen atoms in total. The van der Waals surface area contributed by atoms with E-state index in [1.807, 2.05) is 0 Å². The smallest absolute Gasteiger partial charge is 0.214 e. The molecule has 8 heteroatoms. The Hall–Kier alpha value is -2.22. The second kappa shape index (κ2) is 7.87. The van der Waals surface area contributed by atoms with E-state index < -0.39 is 0 Å². The third-order valence-corrected chi connectivity index (χ3v) is 4.36. The molecule has 0 saturated carbocycles. The molecular weight excluding hydrogens is 310 g/mol. The Labute approximate surface area is 139 Å². The molecule has 1 aromatic carbocycles. The minimum Gasteiger partial charge on any atom is -0.252 e. The molecule has 0 unspecified atom stereocenters. The second-order valence-electron chi connectivity index (χ2n) is 5.15. The monoisotopic (exact) mass is 329 g/mol. The van der Waals surface area contributed by atoms with Crippen LogP contribution in [-0.2, 0) is 13.0 Å². The lowest BCUT2D eigenvalue weighted by molar-refractivity contribution is 0.663. The predicted octanol–water partition coefficient (Wildman–Crippen LogP) is 2.39. The van der Waals surface area contributed by atoms with Gasteiger partial charge in [0.2, 0.25) is 5.16 Å². The summed E-state index contributed by atoms with van der Waals surface area (Å²) in [4.78, 5) is 3.93. The van der Waals surface area contributed by atoms with E-state index in [1.54, 1.807) is 27.5 Å². The SMILES string of the molecule is CCCCc1ccc(-n2nnnc2SCCn2cncn2)cc1. The Balaban J connectivity index is 1.63. The number of nitrogens with zero attached hydrogens (tertiary/aromatic N) is 7. The Morgan fingerprint density at radius 3 is 2.78 bits per heavy atom. The van der Waals surface area contributed by atoms with Gasteiger partial charge in [-0.05, 0) is 41.0 Å². The summed E-state index contributed by atoms with van der Waals surface area (Å²) in [6, 6.07) is 8.44. The van der Waals surface area contributed by atoms with Crippen LogP contribution in [0.15, 0.2) is 42.1 Å². The first-order valence-corrected chi connectivity index (χ1v) is 8.68. The third-order valence-electron chi connectivity index (χ3n) is 3.46. The van der Waals surface area contributed by atoms with Crippen LogP contribution in [0.5, 0.6) is 0 Å². The van der Waals surface area contributed by atoms with Gasteiger partial charge in [-0.2, -0.15) is 9.78 Å². The van der Waals surface area contributed by atoms with Crippen LogP contribution >= 0.6 is 11.8 Å². The zero-order valence-electron chi connectivity index (χ0n) is 13.0. The molecule has 0 radical (unpaired) electrons. The highest BCUT2D eigenvalue weighted by Gasteiger charge is 2.09. The average molecular weight is 329 g/mol. The molecule has 0 amide bonds. The highest BCUT2D eigenvalue weighted by molar-refractivity contribution is 7.99. The lowest BCUT2D eigenvalue weighted by Gasteiger charge is -2.06. The van der Waals surface area contributed by atoms with Gasteiger partial charge in [-0.15, -0.1) is 5.10 Å². The molecule has 3 aromatic rings. The number of tetrazole rings is 1. The van der Waals surface area contributed by atoms with Crippen LogP contribution < -0.4 is 0 Å². The van der Waals surface area contributed by atoms with Crippen LogP contribution in [0.1, 0.15) is 25.3 Å². The first-order chi connectivity index (χ1) is 11.4. The normalized spacial score (nSPS) is 11.0. The van der Waals surface area contributed by atoms with Gasteiger partial charge in [0.15, 0.2) is 0 Å². The number of aromatic nitrogens is 7. The maximum absolute atomic E-state index is 4.10. The minimum atomic E-state index is 0.771. The van der Waals surface area contributed by atoms with E-state index in [9.17, 15) is 0 Å². The average Bonchev–Trinajstić information content (AvgIpc) is 3.25. The molecule has 2 heterocycles. The number of benzene rings is 1. The van der Waals surface area contributed by atoms with E-state index in [-0.39, 0.29) is 0 Å².